The quantitative estimate of drug-likeness (QED) is 0.585. The van der Waals surface area contributed by atoms with Gasteiger partial charge in [-0.1, -0.05) is 6.07 Å². The van der Waals surface area contributed by atoms with Gasteiger partial charge in [0.25, 0.3) is 0 Å². The molecule has 0 nitrogen and oxygen atoms in total. The third-order valence-corrected chi connectivity index (χ3v) is 1.75. The van der Waals surface area contributed by atoms with Crippen molar-refractivity contribution in [3.63, 3.8) is 0 Å². The van der Waals surface area contributed by atoms with Crippen LogP contribution in [0.25, 0.3) is 10.8 Å². The fourth-order valence-electron chi connectivity index (χ4n) is 1.14. The summed E-state index contributed by atoms with van der Waals surface area (Å²) in [6, 6.07) is 6.79. The lowest BCUT2D eigenvalue weighted by atomic mass is 10.1. The minimum absolute atomic E-state index is 0.305. The maximum atomic E-state index is 12.7. The Morgan fingerprint density at radius 2 is 1.77 bits per heavy atom. The van der Waals surface area contributed by atoms with E-state index < -0.39 is 17.5 Å². The summed E-state index contributed by atoms with van der Waals surface area (Å²) in [5.74, 6) is -2.54. The average Bonchev–Trinajstić information content (AvgIpc) is 2.08. The highest BCUT2D eigenvalue weighted by Crippen LogP contribution is 2.18. The number of benzene rings is 2. The molecule has 2 rings (SSSR count). The van der Waals surface area contributed by atoms with Crippen molar-refractivity contribution in [2.45, 2.75) is 0 Å². The Bertz CT molecular complexity index is 463. The van der Waals surface area contributed by atoms with Crippen molar-refractivity contribution >= 4 is 10.8 Å². The molecule has 3 heteroatoms. The zero-order valence-corrected chi connectivity index (χ0v) is 6.44. The van der Waals surface area contributed by atoms with E-state index in [1.54, 1.807) is 0 Å². The number of halogens is 3. The van der Waals surface area contributed by atoms with Gasteiger partial charge in [0.05, 0.1) is 0 Å². The maximum Gasteiger partial charge on any atom is 0.167 e. The molecule has 65 valence electrons. The molecule has 0 aromatic heterocycles. The zero-order valence-electron chi connectivity index (χ0n) is 6.44. The Balaban J connectivity index is 2.81. The topological polar surface area (TPSA) is 0 Å². The van der Waals surface area contributed by atoms with Crippen LogP contribution in [0.15, 0.2) is 24.3 Å². The largest absolute Gasteiger partial charge is 0.207 e. The Hall–Kier alpha value is -1.51. The summed E-state index contributed by atoms with van der Waals surface area (Å²) in [4.78, 5) is 0. The Morgan fingerprint density at radius 1 is 1.00 bits per heavy atom. The normalized spacial score (nSPS) is 10.7. The van der Waals surface area contributed by atoms with E-state index in [1.165, 1.54) is 12.1 Å². The summed E-state index contributed by atoms with van der Waals surface area (Å²) in [7, 11) is 0. The molecule has 0 heterocycles. The molecule has 0 bridgehead atoms. The predicted molar refractivity (Wildman–Crippen MR) is 42.7 cm³/mol. The maximum absolute atomic E-state index is 12.7. The summed E-state index contributed by atoms with van der Waals surface area (Å²) >= 11 is 0. The van der Waals surface area contributed by atoms with E-state index in [9.17, 15) is 13.2 Å². The molecule has 13 heavy (non-hydrogen) atoms. The minimum atomic E-state index is -1.04. The molecule has 0 saturated carbocycles. The van der Waals surface area contributed by atoms with Crippen LogP contribution >= 0.6 is 0 Å². The zero-order chi connectivity index (χ0) is 9.42. The van der Waals surface area contributed by atoms with Gasteiger partial charge in [-0.3, -0.25) is 0 Å². The Labute approximate surface area is 72.6 Å². The number of hydrogen-bond donors (Lipinski definition) is 0. The van der Waals surface area contributed by atoms with E-state index in [-0.39, 0.29) is 0 Å². The summed E-state index contributed by atoms with van der Waals surface area (Å²) in [5, 5.41) is 0.666. The number of hydrogen-bond acceptors (Lipinski definition) is 0. The van der Waals surface area contributed by atoms with Crippen LogP contribution in [0.3, 0.4) is 0 Å². The van der Waals surface area contributed by atoms with E-state index in [0.29, 0.717) is 10.8 Å². The van der Waals surface area contributed by atoms with Gasteiger partial charge in [-0.25, -0.2) is 13.2 Å². The molecule has 0 spiro atoms. The van der Waals surface area contributed by atoms with Crippen LogP contribution in [0.5, 0.6) is 0 Å². The van der Waals surface area contributed by atoms with Crippen LogP contribution < -0.4 is 0 Å². The highest BCUT2D eigenvalue weighted by Gasteiger charge is 2.04. The third-order valence-electron chi connectivity index (χ3n) is 1.75. The molecule has 0 amide bonds. The molecule has 0 aliphatic rings. The average molecular weight is 181 g/mol. The van der Waals surface area contributed by atoms with E-state index in [4.69, 9.17) is 0 Å². The smallest absolute Gasteiger partial charge is 0.167 e. The van der Waals surface area contributed by atoms with Crippen LogP contribution in [-0.2, 0) is 0 Å². The molecule has 0 N–H and O–H groups in total. The monoisotopic (exact) mass is 181 g/mol. The van der Waals surface area contributed by atoms with Crippen LogP contribution in [0, 0.1) is 23.5 Å². The third kappa shape index (κ3) is 1.37. The lowest BCUT2D eigenvalue weighted by molar-refractivity contribution is 0.509. The number of rotatable bonds is 0. The van der Waals surface area contributed by atoms with Crippen LogP contribution in [-0.4, -0.2) is 0 Å². The highest BCUT2D eigenvalue weighted by atomic mass is 19.2. The standard InChI is InChI=1S/C10H4F3/c11-8-2-1-6-4-9(12)10(13)5-7(6)3-8/h1-3,5H. The second-order valence-corrected chi connectivity index (χ2v) is 2.66. The molecule has 0 fully saturated rings. The molecule has 2 aromatic rings. The highest BCUT2D eigenvalue weighted by molar-refractivity contribution is 5.81. The summed E-state index contributed by atoms with van der Waals surface area (Å²) in [6.45, 7) is 0. The van der Waals surface area contributed by atoms with Crippen molar-refractivity contribution in [2.24, 2.45) is 0 Å². The van der Waals surface area contributed by atoms with Gasteiger partial charge in [-0.05, 0) is 29.0 Å². The van der Waals surface area contributed by atoms with Gasteiger partial charge in [-0.15, -0.1) is 0 Å². The van der Waals surface area contributed by atoms with Crippen molar-refractivity contribution in [1.82, 2.24) is 0 Å². The van der Waals surface area contributed by atoms with Crippen molar-refractivity contribution < 1.29 is 13.2 Å². The first-order chi connectivity index (χ1) is 6.16. The van der Waals surface area contributed by atoms with E-state index >= 15 is 0 Å². The van der Waals surface area contributed by atoms with E-state index in [0.717, 1.165) is 12.1 Å². The van der Waals surface area contributed by atoms with Gasteiger partial charge >= 0.3 is 0 Å². The van der Waals surface area contributed by atoms with Crippen molar-refractivity contribution in [1.29, 1.82) is 0 Å². The molecule has 0 aliphatic carbocycles. The summed E-state index contributed by atoms with van der Waals surface area (Å²) < 4.78 is 37.9. The Kier molecular flexibility index (Phi) is 1.72. The fraction of sp³-hybridized carbons (Fsp3) is 0. The van der Waals surface area contributed by atoms with E-state index in [2.05, 4.69) is 6.07 Å². The van der Waals surface area contributed by atoms with Crippen LogP contribution in [0.2, 0.25) is 0 Å². The second-order valence-electron chi connectivity index (χ2n) is 2.66. The first-order valence-electron chi connectivity index (χ1n) is 3.63. The Morgan fingerprint density at radius 3 is 2.54 bits per heavy atom. The predicted octanol–water partition coefficient (Wildman–Crippen LogP) is 3.06. The van der Waals surface area contributed by atoms with Gasteiger partial charge in [0.1, 0.15) is 5.82 Å². The van der Waals surface area contributed by atoms with Crippen molar-refractivity contribution in [3.8, 4) is 0 Å². The van der Waals surface area contributed by atoms with Crippen molar-refractivity contribution in [3.05, 3.63) is 47.8 Å². The first-order valence-corrected chi connectivity index (χ1v) is 3.63. The SMILES string of the molecule is Fc1ccc2[c]c(F)c(F)cc2c1. The first kappa shape index (κ1) is 8.10. The van der Waals surface area contributed by atoms with Crippen LogP contribution in [0.1, 0.15) is 0 Å². The van der Waals surface area contributed by atoms with Gasteiger partial charge in [0.15, 0.2) is 11.6 Å². The molecular weight excluding hydrogens is 177 g/mol. The van der Waals surface area contributed by atoms with Gasteiger partial charge in [-0.2, -0.15) is 0 Å². The minimum Gasteiger partial charge on any atom is -0.207 e. The van der Waals surface area contributed by atoms with Crippen LogP contribution in [0.4, 0.5) is 13.2 Å². The molecular formula is C10H4F3. The number of fused-ring (bicyclic) bond motifs is 1. The van der Waals surface area contributed by atoms with E-state index in [1.807, 2.05) is 0 Å². The fourth-order valence-corrected chi connectivity index (χ4v) is 1.14. The molecule has 2 aromatic carbocycles. The summed E-state index contributed by atoms with van der Waals surface area (Å²) in [6.07, 6.45) is 0. The lowest BCUT2D eigenvalue weighted by Crippen LogP contribution is -1.85. The van der Waals surface area contributed by atoms with Gasteiger partial charge in [0, 0.05) is 6.07 Å². The lowest BCUT2D eigenvalue weighted by Gasteiger charge is -1.98. The molecule has 1 radical (unpaired) electrons. The molecule has 0 saturated heterocycles. The summed E-state index contributed by atoms with van der Waals surface area (Å²) in [5.41, 5.74) is 0. The molecule has 0 atom stereocenters. The molecule has 0 unspecified atom stereocenters. The van der Waals surface area contributed by atoms with Gasteiger partial charge < -0.3 is 0 Å². The second kappa shape index (κ2) is 2.76. The van der Waals surface area contributed by atoms with Crippen molar-refractivity contribution in [2.75, 3.05) is 0 Å². The molecule has 0 aliphatic heterocycles. The van der Waals surface area contributed by atoms with Gasteiger partial charge in [0.2, 0.25) is 0 Å².